The van der Waals surface area contributed by atoms with E-state index in [1.165, 1.54) is 48.4 Å². The Bertz CT molecular complexity index is 900. The molecule has 2 nitrogen and oxygen atoms in total. The van der Waals surface area contributed by atoms with E-state index in [1.54, 1.807) is 4.88 Å². The van der Waals surface area contributed by atoms with E-state index in [4.69, 9.17) is 0 Å². The van der Waals surface area contributed by atoms with E-state index in [0.717, 1.165) is 8.96 Å². The maximum absolute atomic E-state index is 3.55. The van der Waals surface area contributed by atoms with Gasteiger partial charge in [-0.15, -0.1) is 11.3 Å². The minimum absolute atomic E-state index is 0.506. The molecule has 0 bridgehead atoms. The second kappa shape index (κ2) is 5.32. The Balaban J connectivity index is 1.70. The minimum atomic E-state index is 0.506. The highest BCUT2D eigenvalue weighted by Crippen LogP contribution is 2.51. The number of fused-ring (bicyclic) bond motifs is 3. The van der Waals surface area contributed by atoms with Gasteiger partial charge in [0.25, 0.3) is 0 Å². The third kappa shape index (κ3) is 2.03. The molecule has 1 fully saturated rings. The monoisotopic (exact) mass is 399 g/mol. The first-order chi connectivity index (χ1) is 11.7. The molecule has 2 aliphatic heterocycles. The number of benzene rings is 1. The number of nitrogens with zero attached hydrogens (tertiary/aromatic N) is 2. The molecule has 0 radical (unpaired) electrons. The first-order valence-corrected chi connectivity index (χ1v) is 10.2. The molecule has 0 N–H and O–H groups in total. The zero-order valence-electron chi connectivity index (χ0n) is 13.7. The van der Waals surface area contributed by atoms with E-state index < -0.39 is 0 Å². The lowest BCUT2D eigenvalue weighted by atomic mass is 10.1. The number of likely N-dealkylation sites (tertiary alicyclic amines) is 1. The molecule has 1 aromatic carbocycles. The summed E-state index contributed by atoms with van der Waals surface area (Å²) in [4.78, 5) is 1.55. The van der Waals surface area contributed by atoms with Crippen LogP contribution in [0.25, 0.3) is 16.8 Å². The highest BCUT2D eigenvalue weighted by atomic mass is 79.9. The zero-order chi connectivity index (χ0) is 16.3. The van der Waals surface area contributed by atoms with Crippen molar-refractivity contribution in [2.24, 2.45) is 0 Å². The van der Waals surface area contributed by atoms with Crippen LogP contribution in [0.3, 0.4) is 0 Å². The lowest BCUT2D eigenvalue weighted by molar-refractivity contribution is -0.921. The van der Waals surface area contributed by atoms with Crippen molar-refractivity contribution in [3.8, 4) is 16.8 Å². The summed E-state index contributed by atoms with van der Waals surface area (Å²) >= 11 is 5.49. The van der Waals surface area contributed by atoms with Crippen LogP contribution in [-0.2, 0) is 0 Å². The highest BCUT2D eigenvalue weighted by Gasteiger charge is 2.46. The van der Waals surface area contributed by atoms with Gasteiger partial charge in [-0.1, -0.05) is 28.1 Å². The summed E-state index contributed by atoms with van der Waals surface area (Å²) in [6.07, 6.45) is 4.95. The molecular weight excluding hydrogens is 380 g/mol. The van der Waals surface area contributed by atoms with Crippen LogP contribution in [0.5, 0.6) is 0 Å². The molecule has 1 atom stereocenters. The molecule has 1 saturated heterocycles. The van der Waals surface area contributed by atoms with Gasteiger partial charge in [0.2, 0.25) is 0 Å². The van der Waals surface area contributed by atoms with E-state index in [2.05, 4.69) is 75.5 Å². The summed E-state index contributed by atoms with van der Waals surface area (Å²) in [6, 6.07) is 13.7. The van der Waals surface area contributed by atoms with E-state index in [1.807, 2.05) is 11.3 Å². The normalized spacial score (nSPS) is 21.0. The lowest BCUT2D eigenvalue weighted by Crippen LogP contribution is -2.43. The van der Waals surface area contributed by atoms with Crippen molar-refractivity contribution < 1.29 is 4.48 Å². The first-order valence-electron chi connectivity index (χ1n) is 8.56. The van der Waals surface area contributed by atoms with Gasteiger partial charge in [0.1, 0.15) is 0 Å². The molecule has 4 heteroatoms. The van der Waals surface area contributed by atoms with Crippen LogP contribution in [0.1, 0.15) is 29.5 Å². The molecule has 2 aromatic heterocycles. The standard InChI is InChI=1S/C20H20BrN2S/c1-23(11-2-3-12-23)19-17-5-4-10-22(17)18-16(13-24-20(18)19)14-6-8-15(21)9-7-14/h4-10,13,19H,2-3,11-12H2,1H3/q+1. The van der Waals surface area contributed by atoms with Crippen LogP contribution in [-0.4, -0.2) is 29.2 Å². The third-order valence-corrected chi connectivity index (χ3v) is 7.26. The number of rotatable bonds is 2. The fraction of sp³-hybridized carbons (Fsp3) is 0.300. The Hall–Kier alpha value is -1.36. The van der Waals surface area contributed by atoms with Gasteiger partial charge >= 0.3 is 0 Å². The topological polar surface area (TPSA) is 4.93 Å². The Morgan fingerprint density at radius 1 is 1.12 bits per heavy atom. The predicted molar refractivity (Wildman–Crippen MR) is 104 cm³/mol. The summed E-state index contributed by atoms with van der Waals surface area (Å²) in [7, 11) is 2.45. The van der Waals surface area contributed by atoms with Crippen molar-refractivity contribution in [3.05, 3.63) is 63.0 Å². The van der Waals surface area contributed by atoms with Gasteiger partial charge in [0.15, 0.2) is 6.04 Å². The number of aromatic nitrogens is 1. The van der Waals surface area contributed by atoms with Crippen molar-refractivity contribution in [2.45, 2.75) is 18.9 Å². The van der Waals surface area contributed by atoms with Crippen LogP contribution in [0.15, 0.2) is 52.4 Å². The SMILES string of the molecule is C[N+]1(C2c3scc(-c4ccc(Br)cc4)c3-n3cccc32)CCCC1. The highest BCUT2D eigenvalue weighted by molar-refractivity contribution is 9.10. The summed E-state index contributed by atoms with van der Waals surface area (Å²) in [5.41, 5.74) is 5.56. The Morgan fingerprint density at radius 3 is 2.62 bits per heavy atom. The van der Waals surface area contributed by atoms with Gasteiger partial charge in [0.05, 0.1) is 36.4 Å². The van der Waals surface area contributed by atoms with E-state index in [-0.39, 0.29) is 0 Å². The molecule has 122 valence electrons. The van der Waals surface area contributed by atoms with E-state index in [0.29, 0.717) is 6.04 Å². The van der Waals surface area contributed by atoms with Gasteiger partial charge < -0.3 is 9.05 Å². The largest absolute Gasteiger partial charge is 0.314 e. The summed E-state index contributed by atoms with van der Waals surface area (Å²) in [5.74, 6) is 0. The minimum Gasteiger partial charge on any atom is -0.314 e. The molecule has 5 rings (SSSR count). The maximum Gasteiger partial charge on any atom is 0.167 e. The molecule has 24 heavy (non-hydrogen) atoms. The lowest BCUT2D eigenvalue weighted by Gasteiger charge is -2.35. The molecule has 0 saturated carbocycles. The van der Waals surface area contributed by atoms with Crippen molar-refractivity contribution in [2.75, 3.05) is 20.1 Å². The quantitative estimate of drug-likeness (QED) is 0.493. The molecule has 0 amide bonds. The van der Waals surface area contributed by atoms with Crippen LogP contribution < -0.4 is 0 Å². The average Bonchev–Trinajstić information content (AvgIpc) is 3.30. The van der Waals surface area contributed by atoms with Crippen LogP contribution in [0, 0.1) is 0 Å². The zero-order valence-corrected chi connectivity index (χ0v) is 16.1. The van der Waals surface area contributed by atoms with Gasteiger partial charge in [0, 0.05) is 34.5 Å². The molecule has 1 unspecified atom stereocenters. The van der Waals surface area contributed by atoms with Crippen LogP contribution >= 0.6 is 27.3 Å². The number of hydrogen-bond donors (Lipinski definition) is 0. The number of hydrogen-bond acceptors (Lipinski definition) is 1. The van der Waals surface area contributed by atoms with Crippen molar-refractivity contribution in [1.29, 1.82) is 0 Å². The molecule has 0 aliphatic carbocycles. The maximum atomic E-state index is 3.55. The van der Waals surface area contributed by atoms with E-state index >= 15 is 0 Å². The van der Waals surface area contributed by atoms with Crippen molar-refractivity contribution >= 4 is 27.3 Å². The fourth-order valence-electron chi connectivity index (χ4n) is 4.52. The van der Waals surface area contributed by atoms with Crippen LogP contribution in [0.2, 0.25) is 0 Å². The molecule has 0 spiro atoms. The summed E-state index contributed by atoms with van der Waals surface area (Å²) < 4.78 is 4.74. The second-order valence-corrected chi connectivity index (χ2v) is 9.04. The summed E-state index contributed by atoms with van der Waals surface area (Å²) in [6.45, 7) is 2.58. The van der Waals surface area contributed by atoms with Gasteiger partial charge in [-0.25, -0.2) is 0 Å². The Morgan fingerprint density at radius 2 is 1.88 bits per heavy atom. The Labute approximate surface area is 155 Å². The fourth-order valence-corrected chi connectivity index (χ4v) is 6.10. The first kappa shape index (κ1) is 14.9. The predicted octanol–water partition coefficient (Wildman–Crippen LogP) is 5.61. The molecule has 4 heterocycles. The number of quaternary nitrogens is 1. The molecular formula is C20H20BrN2S+. The Kier molecular flexibility index (Phi) is 3.31. The molecule has 3 aromatic rings. The van der Waals surface area contributed by atoms with Crippen molar-refractivity contribution in [3.63, 3.8) is 0 Å². The van der Waals surface area contributed by atoms with E-state index in [9.17, 15) is 0 Å². The van der Waals surface area contributed by atoms with Crippen molar-refractivity contribution in [1.82, 2.24) is 4.57 Å². The van der Waals surface area contributed by atoms with Crippen LogP contribution in [0.4, 0.5) is 0 Å². The van der Waals surface area contributed by atoms with Gasteiger partial charge in [-0.2, -0.15) is 0 Å². The molecule has 2 aliphatic rings. The number of halogens is 1. The third-order valence-electron chi connectivity index (χ3n) is 5.71. The number of thiophene rings is 1. The smallest absolute Gasteiger partial charge is 0.167 e. The van der Waals surface area contributed by atoms with Gasteiger partial charge in [-0.05, 0) is 29.8 Å². The second-order valence-electron chi connectivity index (χ2n) is 7.21. The summed E-state index contributed by atoms with van der Waals surface area (Å²) in [5, 5.41) is 2.35. The van der Waals surface area contributed by atoms with Gasteiger partial charge in [-0.3, -0.25) is 0 Å². The average molecular weight is 400 g/mol.